The van der Waals surface area contributed by atoms with Gasteiger partial charge in [0.1, 0.15) is 10.6 Å². The van der Waals surface area contributed by atoms with Gasteiger partial charge in [-0.25, -0.2) is 0 Å². The second-order valence-corrected chi connectivity index (χ2v) is 15.5. The maximum atomic E-state index is 14.8. The third-order valence-electron chi connectivity index (χ3n) is 10.3. The minimum absolute atomic E-state index is 0.0434. The van der Waals surface area contributed by atoms with Gasteiger partial charge in [0.05, 0.1) is 28.8 Å². The Bertz CT molecular complexity index is 1820. The maximum Gasteiger partial charge on any atom is 0.339 e. The van der Waals surface area contributed by atoms with Gasteiger partial charge in [0.15, 0.2) is 0 Å². The summed E-state index contributed by atoms with van der Waals surface area (Å²) in [4.78, 5) is 0.0109. The molecule has 8 rings (SSSR count). The highest BCUT2D eigenvalue weighted by atomic mass is 32.2. The Hall–Kier alpha value is -2.50. The van der Waals surface area contributed by atoms with Crippen molar-refractivity contribution >= 4 is 31.0 Å². The molecule has 0 aromatic heterocycles. The highest BCUT2D eigenvalue weighted by Gasteiger charge is 2.52. The van der Waals surface area contributed by atoms with Crippen LogP contribution in [0.25, 0.3) is 10.8 Å². The highest BCUT2D eigenvalue weighted by molar-refractivity contribution is 7.87. The third-order valence-corrected chi connectivity index (χ3v) is 12.6. The van der Waals surface area contributed by atoms with Gasteiger partial charge in [-0.1, -0.05) is 24.3 Å². The van der Waals surface area contributed by atoms with Crippen molar-refractivity contribution in [1.82, 2.24) is 0 Å². The van der Waals surface area contributed by atoms with Crippen molar-refractivity contribution in [2.45, 2.75) is 110 Å². The molecule has 42 heavy (non-hydrogen) atoms. The lowest BCUT2D eigenvalue weighted by Gasteiger charge is -2.32. The molecule has 3 atom stereocenters. The Balaban J connectivity index is 1.35. The molecule has 222 valence electrons. The van der Waals surface area contributed by atoms with E-state index in [9.17, 15) is 21.4 Å². The number of fused-ring (bicyclic) bond motifs is 6. The molecule has 1 aliphatic carbocycles. The van der Waals surface area contributed by atoms with Crippen LogP contribution in [0.5, 0.6) is 5.75 Å². The number of ether oxygens (including phenoxy) is 2. The van der Waals surface area contributed by atoms with Crippen LogP contribution in [0.1, 0.15) is 86.0 Å². The molecule has 0 amide bonds. The fourth-order valence-electron chi connectivity index (χ4n) is 8.52. The molecular formula is C32H34O8S2. The second kappa shape index (κ2) is 9.50. The van der Waals surface area contributed by atoms with E-state index in [0.29, 0.717) is 29.5 Å². The van der Waals surface area contributed by atoms with Gasteiger partial charge in [-0.2, -0.15) is 16.8 Å². The van der Waals surface area contributed by atoms with E-state index in [1.807, 2.05) is 30.3 Å². The first-order valence-electron chi connectivity index (χ1n) is 15.1. The Morgan fingerprint density at radius 3 is 2.31 bits per heavy atom. The maximum absolute atomic E-state index is 14.8. The summed E-state index contributed by atoms with van der Waals surface area (Å²) in [5.74, 6) is 0.0480. The molecule has 4 bridgehead atoms. The van der Waals surface area contributed by atoms with Crippen molar-refractivity contribution in [2.24, 2.45) is 0 Å². The average Bonchev–Trinajstić information content (AvgIpc) is 3.78. The molecule has 8 nitrogen and oxygen atoms in total. The molecule has 4 heterocycles. The van der Waals surface area contributed by atoms with Crippen molar-refractivity contribution in [3.05, 3.63) is 64.7 Å². The molecule has 0 saturated carbocycles. The first-order chi connectivity index (χ1) is 20.1. The van der Waals surface area contributed by atoms with Gasteiger partial charge >= 0.3 is 10.1 Å². The Morgan fingerprint density at radius 1 is 0.881 bits per heavy atom. The van der Waals surface area contributed by atoms with Crippen molar-refractivity contribution in [1.29, 1.82) is 0 Å². The van der Waals surface area contributed by atoms with E-state index in [2.05, 4.69) is 0 Å². The van der Waals surface area contributed by atoms with E-state index in [-0.39, 0.29) is 39.8 Å². The van der Waals surface area contributed by atoms with Gasteiger partial charge in [-0.3, -0.25) is 4.55 Å². The van der Waals surface area contributed by atoms with Crippen LogP contribution in [-0.4, -0.2) is 39.7 Å². The summed E-state index contributed by atoms with van der Waals surface area (Å²) in [6.45, 7) is 0. The standard InChI is InChI=1S/C32H34O8S2/c33-41(34,35)29-12-11-28(23-7-3-4-8-24(23)29)40-42(36,37)31-26(25-18-21-9-10-27(25)38-21)17-19-5-1-2-6-22(19)30(31)32-15-13-20(39-32)14-16-32/h1-2,5-6,11-12,17,20-21,25,27H,3-4,7-10,13-16,18H2,(H,33,34,35). The van der Waals surface area contributed by atoms with E-state index < -0.39 is 25.8 Å². The smallest absolute Gasteiger partial charge is 0.339 e. The zero-order valence-electron chi connectivity index (χ0n) is 23.3. The summed E-state index contributed by atoms with van der Waals surface area (Å²) in [6, 6.07) is 12.6. The van der Waals surface area contributed by atoms with Crippen molar-refractivity contribution in [3.63, 3.8) is 0 Å². The molecule has 5 aliphatic rings. The minimum Gasteiger partial charge on any atom is -0.379 e. The molecule has 3 unspecified atom stereocenters. The Morgan fingerprint density at radius 2 is 1.64 bits per heavy atom. The zero-order chi connectivity index (χ0) is 28.9. The van der Waals surface area contributed by atoms with Gasteiger partial charge in [0, 0.05) is 17.0 Å². The van der Waals surface area contributed by atoms with Crippen molar-refractivity contribution < 1.29 is 35.0 Å². The van der Waals surface area contributed by atoms with E-state index in [0.717, 1.165) is 74.1 Å². The Labute approximate surface area is 246 Å². The zero-order valence-corrected chi connectivity index (χ0v) is 24.9. The lowest BCUT2D eigenvalue weighted by atomic mass is 9.77. The molecule has 3 aromatic rings. The summed E-state index contributed by atoms with van der Waals surface area (Å²) < 4.78 is 82.6. The first kappa shape index (κ1) is 27.1. The third kappa shape index (κ3) is 4.17. The lowest BCUT2D eigenvalue weighted by molar-refractivity contribution is 0.00884. The van der Waals surface area contributed by atoms with Gasteiger partial charge < -0.3 is 13.7 Å². The fourth-order valence-corrected chi connectivity index (χ4v) is 10.8. The molecule has 4 saturated heterocycles. The van der Waals surface area contributed by atoms with Gasteiger partial charge in [-0.05, 0) is 111 Å². The summed E-state index contributed by atoms with van der Waals surface area (Å²) in [5, 5.41) is 1.84. The molecular weight excluding hydrogens is 576 g/mol. The number of hydrogen-bond acceptors (Lipinski definition) is 7. The van der Waals surface area contributed by atoms with Crippen LogP contribution in [0.2, 0.25) is 0 Å². The summed E-state index contributed by atoms with van der Waals surface area (Å²) in [6.07, 6.45) is 8.54. The molecule has 10 heteroatoms. The molecule has 4 fully saturated rings. The molecule has 3 aromatic carbocycles. The molecule has 0 spiro atoms. The number of hydrogen-bond donors (Lipinski definition) is 1. The summed E-state index contributed by atoms with van der Waals surface area (Å²) >= 11 is 0. The van der Waals surface area contributed by atoms with Crippen LogP contribution in [0.3, 0.4) is 0 Å². The number of benzene rings is 3. The van der Waals surface area contributed by atoms with E-state index in [1.54, 1.807) is 0 Å². The highest BCUT2D eigenvalue weighted by Crippen LogP contribution is 2.56. The van der Waals surface area contributed by atoms with Crippen LogP contribution in [-0.2, 0) is 48.2 Å². The monoisotopic (exact) mass is 610 g/mol. The van der Waals surface area contributed by atoms with E-state index >= 15 is 0 Å². The van der Waals surface area contributed by atoms with Gasteiger partial charge in [0.2, 0.25) is 0 Å². The van der Waals surface area contributed by atoms with Gasteiger partial charge in [0.25, 0.3) is 10.1 Å². The van der Waals surface area contributed by atoms with Crippen molar-refractivity contribution in [2.75, 3.05) is 0 Å². The second-order valence-electron chi connectivity index (χ2n) is 12.7. The van der Waals surface area contributed by atoms with E-state index in [1.165, 1.54) is 12.1 Å². The summed E-state index contributed by atoms with van der Waals surface area (Å²) in [5.41, 5.74) is 1.68. The van der Waals surface area contributed by atoms with Crippen LogP contribution in [0.4, 0.5) is 0 Å². The van der Waals surface area contributed by atoms with Gasteiger partial charge in [-0.15, -0.1) is 0 Å². The predicted octanol–water partition coefficient (Wildman–Crippen LogP) is 5.94. The molecule has 4 aliphatic heterocycles. The topological polar surface area (TPSA) is 116 Å². The van der Waals surface area contributed by atoms with E-state index in [4.69, 9.17) is 13.7 Å². The Kier molecular flexibility index (Phi) is 6.12. The lowest BCUT2D eigenvalue weighted by Crippen LogP contribution is -2.29. The molecule has 0 radical (unpaired) electrons. The van der Waals surface area contributed by atoms with Crippen LogP contribution in [0.15, 0.2) is 52.3 Å². The normalized spacial score (nSPS) is 30.2. The van der Waals surface area contributed by atoms with Crippen LogP contribution < -0.4 is 4.18 Å². The predicted molar refractivity (Wildman–Crippen MR) is 155 cm³/mol. The quantitative estimate of drug-likeness (QED) is 0.270. The van der Waals surface area contributed by atoms with Crippen molar-refractivity contribution in [3.8, 4) is 5.75 Å². The largest absolute Gasteiger partial charge is 0.379 e. The van der Waals surface area contributed by atoms with Crippen LogP contribution >= 0.6 is 0 Å². The average molecular weight is 611 g/mol. The minimum atomic E-state index is -4.46. The van der Waals surface area contributed by atoms with Crippen LogP contribution in [0, 0.1) is 0 Å². The summed E-state index contributed by atoms with van der Waals surface area (Å²) in [7, 11) is -8.88. The fraction of sp³-hybridized carbons (Fsp3) is 0.500. The molecule has 1 N–H and O–H groups in total. The SMILES string of the molecule is O=S(=O)(O)c1ccc(OS(=O)(=O)c2c(C3CC4CCC3O4)cc3ccccc3c2C23CCC(CC2)O3)c2c1CCCC2. The number of rotatable bonds is 6. The first-order valence-corrected chi connectivity index (χ1v) is 17.9.